The Hall–Kier alpha value is -3.76. The lowest BCUT2D eigenvalue weighted by molar-refractivity contribution is 0.187. The maximum atomic E-state index is 6.41. The Morgan fingerprint density at radius 1 is 0.595 bits per heavy atom. The van der Waals surface area contributed by atoms with Crippen LogP contribution in [0.4, 0.5) is 5.69 Å². The number of rotatable bonds is 8. The van der Waals surface area contributed by atoms with E-state index in [-0.39, 0.29) is 0 Å². The Balaban J connectivity index is 1.05. The van der Waals surface area contributed by atoms with Crippen LogP contribution in [-0.2, 0) is 0 Å². The maximum Gasteiger partial charge on any atom is 0.132 e. The SMILES string of the molecule is Cc1ccccc1Oc1ccc(-c2ccc(Oc3cc(N4CCC(CC5CCN(C)CC5)CC4)ccc3C)cc2)cc1. The first-order valence-corrected chi connectivity index (χ1v) is 15.7. The number of anilines is 1. The summed E-state index contributed by atoms with van der Waals surface area (Å²) < 4.78 is 12.5. The Labute approximate surface area is 251 Å². The molecule has 2 aliphatic rings. The summed E-state index contributed by atoms with van der Waals surface area (Å²) in [4.78, 5) is 5.03. The second-order valence-electron chi connectivity index (χ2n) is 12.4. The molecule has 0 atom stereocenters. The van der Waals surface area contributed by atoms with Gasteiger partial charge in [-0.3, -0.25) is 0 Å². The summed E-state index contributed by atoms with van der Waals surface area (Å²) in [5, 5.41) is 0. The molecule has 0 N–H and O–H groups in total. The number of hydrogen-bond acceptors (Lipinski definition) is 4. The summed E-state index contributed by atoms with van der Waals surface area (Å²) in [5.41, 5.74) is 5.86. The largest absolute Gasteiger partial charge is 0.457 e. The van der Waals surface area contributed by atoms with Crippen molar-refractivity contribution in [3.8, 4) is 34.1 Å². The van der Waals surface area contributed by atoms with E-state index in [0.29, 0.717) is 0 Å². The number of para-hydroxylation sites is 1. The third-order valence-corrected chi connectivity index (χ3v) is 9.25. The van der Waals surface area contributed by atoms with Gasteiger partial charge in [0.25, 0.3) is 0 Å². The molecule has 0 bridgehead atoms. The van der Waals surface area contributed by atoms with E-state index in [2.05, 4.69) is 91.4 Å². The first-order chi connectivity index (χ1) is 20.5. The van der Waals surface area contributed by atoms with Crippen molar-refractivity contribution in [2.24, 2.45) is 11.8 Å². The molecule has 0 radical (unpaired) electrons. The number of nitrogens with zero attached hydrogens (tertiary/aromatic N) is 2. The van der Waals surface area contributed by atoms with Crippen LogP contribution in [0.3, 0.4) is 0 Å². The lowest BCUT2D eigenvalue weighted by Crippen LogP contribution is -2.36. The van der Waals surface area contributed by atoms with Gasteiger partial charge in [0.05, 0.1) is 0 Å². The van der Waals surface area contributed by atoms with Gasteiger partial charge < -0.3 is 19.3 Å². The molecule has 2 saturated heterocycles. The molecule has 2 fully saturated rings. The topological polar surface area (TPSA) is 24.9 Å². The monoisotopic (exact) mass is 560 g/mol. The molecule has 218 valence electrons. The van der Waals surface area contributed by atoms with Crippen molar-refractivity contribution in [2.45, 2.75) is 46.0 Å². The summed E-state index contributed by atoms with van der Waals surface area (Å²) in [6.45, 7) is 9.02. The minimum atomic E-state index is 0.838. The van der Waals surface area contributed by atoms with Crippen LogP contribution in [0.5, 0.6) is 23.0 Å². The minimum absolute atomic E-state index is 0.838. The number of aryl methyl sites for hydroxylation is 2. The van der Waals surface area contributed by atoms with Crippen molar-refractivity contribution in [1.29, 1.82) is 0 Å². The van der Waals surface area contributed by atoms with Crippen molar-refractivity contribution in [3.05, 3.63) is 102 Å². The maximum absolute atomic E-state index is 6.41. The van der Waals surface area contributed by atoms with Gasteiger partial charge in [0.2, 0.25) is 0 Å². The first kappa shape index (κ1) is 28.4. The second kappa shape index (κ2) is 13.0. The smallest absolute Gasteiger partial charge is 0.132 e. The average Bonchev–Trinajstić information content (AvgIpc) is 3.02. The quantitative estimate of drug-likeness (QED) is 0.214. The van der Waals surface area contributed by atoms with E-state index in [4.69, 9.17) is 9.47 Å². The molecule has 0 saturated carbocycles. The van der Waals surface area contributed by atoms with Crippen LogP contribution in [0.2, 0.25) is 0 Å². The fourth-order valence-corrected chi connectivity index (χ4v) is 6.45. The summed E-state index contributed by atoms with van der Waals surface area (Å²) >= 11 is 0. The van der Waals surface area contributed by atoms with Gasteiger partial charge in [0.1, 0.15) is 23.0 Å². The van der Waals surface area contributed by atoms with E-state index in [9.17, 15) is 0 Å². The van der Waals surface area contributed by atoms with Crippen LogP contribution in [-0.4, -0.2) is 38.1 Å². The highest BCUT2D eigenvalue weighted by molar-refractivity contribution is 5.65. The van der Waals surface area contributed by atoms with Gasteiger partial charge in [-0.05, 0) is 137 Å². The molecule has 0 aliphatic carbocycles. The Morgan fingerprint density at radius 2 is 1.12 bits per heavy atom. The molecule has 4 aromatic rings. The molecule has 0 aromatic heterocycles. The van der Waals surface area contributed by atoms with Gasteiger partial charge in [-0.2, -0.15) is 0 Å². The number of hydrogen-bond donors (Lipinski definition) is 0. The molecular weight excluding hydrogens is 516 g/mol. The van der Waals surface area contributed by atoms with Crippen molar-refractivity contribution in [3.63, 3.8) is 0 Å². The van der Waals surface area contributed by atoms with Crippen molar-refractivity contribution >= 4 is 5.69 Å². The lowest BCUT2D eigenvalue weighted by Gasteiger charge is -2.37. The predicted molar refractivity (Wildman–Crippen MR) is 174 cm³/mol. The number of piperidine rings is 2. The van der Waals surface area contributed by atoms with E-state index >= 15 is 0 Å². The number of likely N-dealkylation sites (tertiary alicyclic amines) is 1. The normalized spacial score (nSPS) is 16.9. The Bertz CT molecular complexity index is 1450. The van der Waals surface area contributed by atoms with E-state index in [0.717, 1.165) is 70.2 Å². The fourth-order valence-electron chi connectivity index (χ4n) is 6.45. The van der Waals surface area contributed by atoms with Crippen LogP contribution >= 0.6 is 0 Å². The highest BCUT2D eigenvalue weighted by Gasteiger charge is 2.25. The van der Waals surface area contributed by atoms with E-state index in [1.165, 1.54) is 50.9 Å². The summed E-state index contributed by atoms with van der Waals surface area (Å²) in [6.07, 6.45) is 6.79. The van der Waals surface area contributed by atoms with E-state index in [1.807, 2.05) is 30.3 Å². The Morgan fingerprint density at radius 3 is 1.71 bits per heavy atom. The van der Waals surface area contributed by atoms with Crippen molar-refractivity contribution in [2.75, 3.05) is 38.1 Å². The zero-order valence-corrected chi connectivity index (χ0v) is 25.4. The lowest BCUT2D eigenvalue weighted by atomic mass is 9.83. The van der Waals surface area contributed by atoms with E-state index in [1.54, 1.807) is 0 Å². The van der Waals surface area contributed by atoms with Crippen molar-refractivity contribution in [1.82, 2.24) is 4.90 Å². The summed E-state index contributed by atoms with van der Waals surface area (Å²) in [5.74, 6) is 5.33. The van der Waals surface area contributed by atoms with Crippen LogP contribution in [0, 0.1) is 25.7 Å². The Kier molecular flexibility index (Phi) is 8.81. The van der Waals surface area contributed by atoms with Gasteiger partial charge >= 0.3 is 0 Å². The molecule has 0 spiro atoms. The van der Waals surface area contributed by atoms with Crippen LogP contribution in [0.15, 0.2) is 91.0 Å². The third kappa shape index (κ3) is 6.99. The molecule has 2 aliphatic heterocycles. The van der Waals surface area contributed by atoms with Gasteiger partial charge in [0, 0.05) is 24.8 Å². The van der Waals surface area contributed by atoms with Crippen LogP contribution in [0.1, 0.15) is 43.2 Å². The highest BCUT2D eigenvalue weighted by Crippen LogP contribution is 2.35. The fraction of sp³-hybridized carbons (Fsp3) is 0.368. The highest BCUT2D eigenvalue weighted by atomic mass is 16.5. The second-order valence-corrected chi connectivity index (χ2v) is 12.4. The summed E-state index contributed by atoms with van der Waals surface area (Å²) in [7, 11) is 2.26. The van der Waals surface area contributed by atoms with Gasteiger partial charge in [-0.15, -0.1) is 0 Å². The van der Waals surface area contributed by atoms with Crippen LogP contribution in [0.25, 0.3) is 11.1 Å². The van der Waals surface area contributed by atoms with Gasteiger partial charge in [0.15, 0.2) is 0 Å². The zero-order chi connectivity index (χ0) is 28.9. The van der Waals surface area contributed by atoms with Crippen molar-refractivity contribution < 1.29 is 9.47 Å². The van der Waals surface area contributed by atoms with Gasteiger partial charge in [-0.1, -0.05) is 48.5 Å². The summed E-state index contributed by atoms with van der Waals surface area (Å²) in [6, 6.07) is 31.4. The molecule has 0 unspecified atom stereocenters. The predicted octanol–water partition coefficient (Wildman–Crippen LogP) is 9.50. The number of ether oxygens (including phenoxy) is 2. The molecule has 4 aromatic carbocycles. The molecule has 42 heavy (non-hydrogen) atoms. The zero-order valence-electron chi connectivity index (χ0n) is 25.4. The third-order valence-electron chi connectivity index (χ3n) is 9.25. The molecule has 4 nitrogen and oxygen atoms in total. The van der Waals surface area contributed by atoms with E-state index < -0.39 is 0 Å². The molecule has 2 heterocycles. The minimum Gasteiger partial charge on any atom is -0.457 e. The van der Waals surface area contributed by atoms with Crippen LogP contribution < -0.4 is 14.4 Å². The molecule has 6 rings (SSSR count). The first-order valence-electron chi connectivity index (χ1n) is 15.7. The average molecular weight is 561 g/mol. The standard InChI is InChI=1S/C38H44N2O2/c1-28-6-4-5-7-37(28)41-35-14-9-32(10-15-35)33-11-16-36(17-12-33)42-38-27-34(13-8-29(38)2)40-24-20-31(21-25-40)26-30-18-22-39(3)23-19-30/h4-17,27,30-31H,18-26H2,1-3H3. The molecule has 0 amide bonds. The molecule has 4 heteroatoms. The molecular formula is C38H44N2O2. The number of benzene rings is 4. The van der Waals surface area contributed by atoms with Gasteiger partial charge in [-0.25, -0.2) is 0 Å².